The van der Waals surface area contributed by atoms with Crippen molar-refractivity contribution >= 4 is 11.6 Å². The number of nitro benzene ring substituents is 1. The predicted molar refractivity (Wildman–Crippen MR) is 110 cm³/mol. The molecule has 1 aromatic carbocycles. The van der Waals surface area contributed by atoms with Gasteiger partial charge in [-0.25, -0.2) is 4.79 Å². The number of carbonyl (C=O) groups excluding carboxylic acids is 1. The standard InChI is InChI=1S/C21H28N2O7/c1-4-21(5-2)20(25)19(17-12-15(23(26)27)8-9-18(17)30-21)22-13-16(29-6-3)14-28-11-7-10-24/h7-9,12-13,19-20,22,25H,4-6,11,14H2,1-3H3/b16-13+/t19-,20+/m0/s1. The van der Waals surface area contributed by atoms with Crippen LogP contribution in [0.3, 0.4) is 0 Å². The average molecular weight is 420 g/mol. The zero-order valence-corrected chi connectivity index (χ0v) is 17.4. The maximum absolute atomic E-state index is 11.2. The zero-order valence-electron chi connectivity index (χ0n) is 17.4. The second-order valence-electron chi connectivity index (χ2n) is 6.82. The average Bonchev–Trinajstić information content (AvgIpc) is 2.75. The minimum atomic E-state index is -0.958. The molecule has 0 radical (unpaired) electrons. The minimum absolute atomic E-state index is 0.0881. The number of nitro groups is 1. The summed E-state index contributed by atoms with van der Waals surface area (Å²) in [6.45, 7) is 6.27. The summed E-state index contributed by atoms with van der Waals surface area (Å²) < 4.78 is 17.0. The van der Waals surface area contributed by atoms with Crippen LogP contribution in [0.15, 0.2) is 36.2 Å². The normalized spacial score (nSPS) is 19.8. The number of hydrogen-bond acceptors (Lipinski definition) is 8. The van der Waals surface area contributed by atoms with Crippen molar-refractivity contribution in [3.63, 3.8) is 0 Å². The second kappa shape index (κ2) is 10.8. The van der Waals surface area contributed by atoms with Crippen LogP contribution in [0.4, 0.5) is 5.69 Å². The molecule has 0 saturated heterocycles. The highest BCUT2D eigenvalue weighted by Gasteiger charge is 2.47. The van der Waals surface area contributed by atoms with E-state index in [0.717, 1.165) is 0 Å². The molecule has 0 aliphatic carbocycles. The maximum Gasteiger partial charge on any atom is 0.270 e. The van der Waals surface area contributed by atoms with Crippen LogP contribution in [-0.4, -0.2) is 47.5 Å². The lowest BCUT2D eigenvalue weighted by atomic mass is 9.80. The number of fused-ring (bicyclic) bond motifs is 1. The highest BCUT2D eigenvalue weighted by molar-refractivity contribution is 5.48. The fourth-order valence-corrected chi connectivity index (χ4v) is 3.48. The second-order valence-corrected chi connectivity index (χ2v) is 6.82. The van der Waals surface area contributed by atoms with Crippen molar-refractivity contribution in [3.8, 4) is 5.75 Å². The molecule has 0 spiro atoms. The quantitative estimate of drug-likeness (QED) is 0.184. The third-order valence-electron chi connectivity index (χ3n) is 5.19. The molecule has 164 valence electrons. The summed E-state index contributed by atoms with van der Waals surface area (Å²) in [6, 6.07) is 3.71. The van der Waals surface area contributed by atoms with Gasteiger partial charge in [0.15, 0.2) is 0 Å². The summed E-state index contributed by atoms with van der Waals surface area (Å²) >= 11 is 0. The van der Waals surface area contributed by atoms with E-state index in [2.05, 4.69) is 5.32 Å². The molecule has 2 rings (SSSR count). The Morgan fingerprint density at radius 3 is 2.73 bits per heavy atom. The first-order valence-electron chi connectivity index (χ1n) is 9.92. The number of non-ortho nitro benzene ring substituents is 1. The van der Waals surface area contributed by atoms with E-state index >= 15 is 0 Å². The van der Waals surface area contributed by atoms with Gasteiger partial charge in [-0.2, -0.15) is 0 Å². The molecular formula is C21H28N2O7. The first kappa shape index (κ1) is 23.4. The van der Waals surface area contributed by atoms with Gasteiger partial charge in [0.1, 0.15) is 35.8 Å². The van der Waals surface area contributed by atoms with Crippen LogP contribution in [0.1, 0.15) is 45.2 Å². The largest absolute Gasteiger partial charge is 0.494 e. The molecule has 2 atom stereocenters. The fraction of sp³-hybridized carbons (Fsp3) is 0.524. The molecule has 0 unspecified atom stereocenters. The molecule has 1 heterocycles. The minimum Gasteiger partial charge on any atom is -0.494 e. The number of nitrogens with zero attached hydrogens (tertiary/aromatic N) is 1. The van der Waals surface area contributed by atoms with Crippen molar-refractivity contribution in [2.75, 3.05) is 19.8 Å². The number of benzene rings is 1. The number of hydrogen-bond donors (Lipinski definition) is 2. The van der Waals surface area contributed by atoms with Gasteiger partial charge < -0.3 is 24.6 Å². The predicted octanol–water partition coefficient (Wildman–Crippen LogP) is 2.82. The SMILES string of the molecule is CCO/C(=C/N[C@H]1c2cc([N+](=O)[O-])ccc2OC(CC)(CC)[C@@H]1O)COCC=C=O. The molecule has 30 heavy (non-hydrogen) atoms. The molecule has 0 saturated carbocycles. The Morgan fingerprint density at radius 2 is 2.13 bits per heavy atom. The van der Waals surface area contributed by atoms with Crippen molar-refractivity contribution in [1.82, 2.24) is 5.32 Å². The Kier molecular flexibility index (Phi) is 8.41. The van der Waals surface area contributed by atoms with Gasteiger partial charge in [-0.1, -0.05) is 13.8 Å². The van der Waals surface area contributed by atoms with Gasteiger partial charge in [-0.3, -0.25) is 10.1 Å². The molecule has 0 bridgehead atoms. The molecule has 1 aliphatic heterocycles. The Bertz CT molecular complexity index is 814. The third-order valence-corrected chi connectivity index (χ3v) is 5.19. The number of nitrogens with one attached hydrogen (secondary N) is 1. The van der Waals surface area contributed by atoms with Gasteiger partial charge in [0.2, 0.25) is 0 Å². The van der Waals surface area contributed by atoms with E-state index in [4.69, 9.17) is 14.2 Å². The van der Waals surface area contributed by atoms with E-state index in [1.807, 2.05) is 20.8 Å². The van der Waals surface area contributed by atoms with E-state index in [-0.39, 0.29) is 18.9 Å². The highest BCUT2D eigenvalue weighted by atomic mass is 16.6. The number of aliphatic hydroxyl groups is 1. The zero-order chi connectivity index (χ0) is 22.1. The Labute approximate surface area is 175 Å². The van der Waals surface area contributed by atoms with Gasteiger partial charge in [-0.15, -0.1) is 0 Å². The first-order valence-corrected chi connectivity index (χ1v) is 9.92. The fourth-order valence-electron chi connectivity index (χ4n) is 3.48. The molecule has 0 fully saturated rings. The summed E-state index contributed by atoms with van der Waals surface area (Å²) in [5.74, 6) is 2.58. The summed E-state index contributed by atoms with van der Waals surface area (Å²) in [6.07, 6.45) is 2.95. The van der Waals surface area contributed by atoms with E-state index in [1.54, 1.807) is 18.2 Å². The summed E-state index contributed by atoms with van der Waals surface area (Å²) in [4.78, 5) is 21.0. The molecule has 9 heteroatoms. The van der Waals surface area contributed by atoms with Crippen LogP contribution in [0.5, 0.6) is 5.75 Å². The van der Waals surface area contributed by atoms with Gasteiger partial charge >= 0.3 is 0 Å². The molecule has 2 N–H and O–H groups in total. The van der Waals surface area contributed by atoms with Crippen LogP contribution in [0.25, 0.3) is 0 Å². The van der Waals surface area contributed by atoms with Crippen molar-refractivity contribution in [2.24, 2.45) is 0 Å². The van der Waals surface area contributed by atoms with Crippen LogP contribution in [0, 0.1) is 10.1 Å². The van der Waals surface area contributed by atoms with Gasteiger partial charge in [-0.05, 0) is 25.8 Å². The van der Waals surface area contributed by atoms with Gasteiger partial charge in [0.05, 0.1) is 24.2 Å². The van der Waals surface area contributed by atoms with Gasteiger partial charge in [0, 0.05) is 30.0 Å². The molecule has 1 aliphatic rings. The Hall–Kier alpha value is -2.87. The highest BCUT2D eigenvalue weighted by Crippen LogP contribution is 2.44. The van der Waals surface area contributed by atoms with Crippen LogP contribution < -0.4 is 10.1 Å². The number of aliphatic hydroxyl groups excluding tert-OH is 1. The number of rotatable bonds is 11. The molecule has 0 amide bonds. The van der Waals surface area contributed by atoms with E-state index < -0.39 is 22.7 Å². The van der Waals surface area contributed by atoms with E-state index in [0.29, 0.717) is 36.5 Å². The Morgan fingerprint density at radius 1 is 1.40 bits per heavy atom. The summed E-state index contributed by atoms with van der Waals surface area (Å²) in [5.41, 5.74) is -0.424. The topological polar surface area (TPSA) is 120 Å². The van der Waals surface area contributed by atoms with Crippen molar-refractivity contribution in [1.29, 1.82) is 0 Å². The van der Waals surface area contributed by atoms with Crippen molar-refractivity contribution in [2.45, 2.75) is 51.4 Å². The van der Waals surface area contributed by atoms with Crippen molar-refractivity contribution < 1.29 is 29.0 Å². The van der Waals surface area contributed by atoms with Crippen LogP contribution in [-0.2, 0) is 14.3 Å². The van der Waals surface area contributed by atoms with E-state index in [1.165, 1.54) is 18.2 Å². The summed E-state index contributed by atoms with van der Waals surface area (Å²) in [7, 11) is 0. The van der Waals surface area contributed by atoms with E-state index in [9.17, 15) is 20.0 Å². The maximum atomic E-state index is 11.2. The smallest absolute Gasteiger partial charge is 0.270 e. The van der Waals surface area contributed by atoms with Crippen LogP contribution >= 0.6 is 0 Å². The van der Waals surface area contributed by atoms with Crippen molar-refractivity contribution in [3.05, 3.63) is 51.9 Å². The molecular weight excluding hydrogens is 392 g/mol. The molecule has 0 aromatic heterocycles. The number of ether oxygens (including phenoxy) is 3. The van der Waals surface area contributed by atoms with Crippen LogP contribution in [0.2, 0.25) is 0 Å². The lowest BCUT2D eigenvalue weighted by Crippen LogP contribution is -2.55. The first-order chi connectivity index (χ1) is 14.4. The lowest BCUT2D eigenvalue weighted by Gasteiger charge is -2.45. The monoisotopic (exact) mass is 420 g/mol. The summed E-state index contributed by atoms with van der Waals surface area (Å²) in [5, 5.41) is 25.5. The molecule has 1 aromatic rings. The lowest BCUT2D eigenvalue weighted by molar-refractivity contribution is -0.385. The third kappa shape index (κ3) is 5.18. The molecule has 9 nitrogen and oxygen atoms in total. The van der Waals surface area contributed by atoms with Gasteiger partial charge in [0.25, 0.3) is 5.69 Å². The Balaban J connectivity index is 2.37.